The van der Waals surface area contributed by atoms with E-state index in [4.69, 9.17) is 11.5 Å². The molecule has 3 aromatic rings. The summed E-state index contributed by atoms with van der Waals surface area (Å²) in [5, 5.41) is 8.23. The summed E-state index contributed by atoms with van der Waals surface area (Å²) in [6, 6.07) is 14.6. The van der Waals surface area contributed by atoms with Gasteiger partial charge in [-0.1, -0.05) is 35.0 Å². The first-order chi connectivity index (χ1) is 10.6. The Hall–Kier alpha value is -3.15. The third-order valence-corrected chi connectivity index (χ3v) is 3.43. The van der Waals surface area contributed by atoms with Gasteiger partial charge in [-0.15, -0.1) is 5.10 Å². The molecule has 0 unspecified atom stereocenters. The molecule has 0 spiro atoms. The number of anilines is 1. The maximum absolute atomic E-state index is 11.1. The molecule has 1 aromatic heterocycles. The van der Waals surface area contributed by atoms with Crippen LogP contribution in [0.4, 0.5) is 5.82 Å². The Morgan fingerprint density at radius 3 is 2.27 bits per heavy atom. The summed E-state index contributed by atoms with van der Waals surface area (Å²) in [6.07, 6.45) is 0. The second-order valence-electron chi connectivity index (χ2n) is 5.01. The zero-order valence-electron chi connectivity index (χ0n) is 12.0. The van der Waals surface area contributed by atoms with Crippen molar-refractivity contribution in [3.63, 3.8) is 0 Å². The van der Waals surface area contributed by atoms with Gasteiger partial charge in [0.1, 0.15) is 5.69 Å². The molecule has 110 valence electrons. The summed E-state index contributed by atoms with van der Waals surface area (Å²) in [7, 11) is 0. The summed E-state index contributed by atoms with van der Waals surface area (Å²) < 4.78 is 1.53. The van der Waals surface area contributed by atoms with Gasteiger partial charge in [0.15, 0.2) is 5.82 Å². The maximum atomic E-state index is 11.1. The van der Waals surface area contributed by atoms with Crippen LogP contribution in [-0.4, -0.2) is 20.9 Å². The van der Waals surface area contributed by atoms with Crippen LogP contribution >= 0.6 is 0 Å². The molecule has 0 saturated carbocycles. The zero-order chi connectivity index (χ0) is 15.7. The van der Waals surface area contributed by atoms with E-state index in [9.17, 15) is 4.79 Å². The molecule has 0 aliphatic rings. The van der Waals surface area contributed by atoms with Crippen molar-refractivity contribution < 1.29 is 4.79 Å². The zero-order valence-corrected chi connectivity index (χ0v) is 12.0. The van der Waals surface area contributed by atoms with Gasteiger partial charge in [-0.2, -0.15) is 4.68 Å². The standard InChI is InChI=1S/C16H15N5O/c1-10-2-4-11(5-3-10)14-15(17)21(20-19-14)13-8-6-12(7-9-13)16(18)22/h2-9H,17H2,1H3,(H2,18,22). The lowest BCUT2D eigenvalue weighted by atomic mass is 10.1. The fourth-order valence-corrected chi connectivity index (χ4v) is 2.16. The third-order valence-electron chi connectivity index (χ3n) is 3.43. The monoisotopic (exact) mass is 293 g/mol. The topological polar surface area (TPSA) is 99.8 Å². The van der Waals surface area contributed by atoms with E-state index in [1.165, 1.54) is 4.68 Å². The number of hydrogen-bond donors (Lipinski definition) is 2. The largest absolute Gasteiger partial charge is 0.382 e. The number of amides is 1. The van der Waals surface area contributed by atoms with Crippen molar-refractivity contribution >= 4 is 11.7 Å². The average Bonchev–Trinajstić information content (AvgIpc) is 2.90. The Morgan fingerprint density at radius 1 is 1.05 bits per heavy atom. The van der Waals surface area contributed by atoms with Crippen LogP contribution in [0.3, 0.4) is 0 Å². The van der Waals surface area contributed by atoms with Gasteiger partial charge >= 0.3 is 0 Å². The van der Waals surface area contributed by atoms with Gasteiger partial charge in [0.25, 0.3) is 0 Å². The minimum atomic E-state index is -0.474. The summed E-state index contributed by atoms with van der Waals surface area (Å²) in [4.78, 5) is 11.1. The van der Waals surface area contributed by atoms with Crippen LogP contribution in [0.2, 0.25) is 0 Å². The lowest BCUT2D eigenvalue weighted by Gasteiger charge is -2.04. The van der Waals surface area contributed by atoms with Crippen molar-refractivity contribution in [2.24, 2.45) is 5.73 Å². The van der Waals surface area contributed by atoms with Crippen molar-refractivity contribution in [1.82, 2.24) is 15.0 Å². The van der Waals surface area contributed by atoms with E-state index in [1.54, 1.807) is 24.3 Å². The Labute approximate surface area is 127 Å². The molecule has 4 N–H and O–H groups in total. The van der Waals surface area contributed by atoms with E-state index in [2.05, 4.69) is 10.3 Å². The highest BCUT2D eigenvalue weighted by Gasteiger charge is 2.13. The van der Waals surface area contributed by atoms with Crippen LogP contribution in [0.15, 0.2) is 48.5 Å². The number of primary amides is 1. The Kier molecular flexibility index (Phi) is 3.34. The summed E-state index contributed by atoms with van der Waals surface area (Å²) in [6.45, 7) is 2.02. The Balaban J connectivity index is 1.99. The fraction of sp³-hybridized carbons (Fsp3) is 0.0625. The van der Waals surface area contributed by atoms with Gasteiger partial charge in [0.05, 0.1) is 5.69 Å². The van der Waals surface area contributed by atoms with Crippen LogP contribution in [0.5, 0.6) is 0 Å². The summed E-state index contributed by atoms with van der Waals surface area (Å²) >= 11 is 0. The first kappa shape index (κ1) is 13.8. The first-order valence-electron chi connectivity index (χ1n) is 6.75. The van der Waals surface area contributed by atoms with Crippen molar-refractivity contribution in [3.8, 4) is 16.9 Å². The number of carbonyl (C=O) groups excluding carboxylic acids is 1. The van der Waals surface area contributed by atoms with E-state index in [-0.39, 0.29) is 0 Å². The highest BCUT2D eigenvalue weighted by molar-refractivity contribution is 5.92. The SMILES string of the molecule is Cc1ccc(-c2nnn(-c3ccc(C(N)=O)cc3)c2N)cc1. The van der Waals surface area contributed by atoms with E-state index < -0.39 is 5.91 Å². The summed E-state index contributed by atoms with van der Waals surface area (Å²) in [5.74, 6) is -0.0332. The molecular weight excluding hydrogens is 278 g/mol. The summed E-state index contributed by atoms with van der Waals surface area (Å²) in [5.41, 5.74) is 15.2. The molecule has 0 radical (unpaired) electrons. The molecular formula is C16H15N5O. The minimum absolute atomic E-state index is 0.432. The lowest BCUT2D eigenvalue weighted by molar-refractivity contribution is 0.100. The van der Waals surface area contributed by atoms with E-state index >= 15 is 0 Å². The van der Waals surface area contributed by atoms with Gasteiger partial charge in [-0.3, -0.25) is 4.79 Å². The predicted molar refractivity (Wildman–Crippen MR) is 84.5 cm³/mol. The van der Waals surface area contributed by atoms with E-state index in [0.29, 0.717) is 22.8 Å². The van der Waals surface area contributed by atoms with Crippen molar-refractivity contribution in [2.75, 3.05) is 5.73 Å². The van der Waals surface area contributed by atoms with Crippen LogP contribution < -0.4 is 11.5 Å². The molecule has 0 fully saturated rings. The molecule has 1 amide bonds. The normalized spacial score (nSPS) is 10.6. The third kappa shape index (κ3) is 2.42. The number of benzene rings is 2. The number of aryl methyl sites for hydroxylation is 1. The van der Waals surface area contributed by atoms with E-state index in [1.807, 2.05) is 31.2 Å². The van der Waals surface area contributed by atoms with Crippen LogP contribution in [-0.2, 0) is 0 Å². The number of nitrogens with zero attached hydrogens (tertiary/aromatic N) is 3. The average molecular weight is 293 g/mol. The molecule has 2 aromatic carbocycles. The predicted octanol–water partition coefficient (Wildman–Crippen LogP) is 1.92. The highest BCUT2D eigenvalue weighted by Crippen LogP contribution is 2.25. The molecule has 3 rings (SSSR count). The Bertz CT molecular complexity index is 819. The maximum Gasteiger partial charge on any atom is 0.248 e. The molecule has 0 atom stereocenters. The molecule has 22 heavy (non-hydrogen) atoms. The second kappa shape index (κ2) is 5.33. The van der Waals surface area contributed by atoms with Crippen molar-refractivity contribution in [2.45, 2.75) is 6.92 Å². The number of aromatic nitrogens is 3. The van der Waals surface area contributed by atoms with Crippen molar-refractivity contribution in [3.05, 3.63) is 59.7 Å². The smallest absolute Gasteiger partial charge is 0.248 e. The fourth-order valence-electron chi connectivity index (χ4n) is 2.16. The Morgan fingerprint density at radius 2 is 1.68 bits per heavy atom. The first-order valence-corrected chi connectivity index (χ1v) is 6.75. The van der Waals surface area contributed by atoms with Crippen LogP contribution in [0.1, 0.15) is 15.9 Å². The lowest BCUT2D eigenvalue weighted by Crippen LogP contribution is -2.11. The van der Waals surface area contributed by atoms with Gasteiger partial charge in [0, 0.05) is 11.1 Å². The number of rotatable bonds is 3. The molecule has 0 aliphatic heterocycles. The van der Waals surface area contributed by atoms with Gasteiger partial charge in [-0.25, -0.2) is 0 Å². The van der Waals surface area contributed by atoms with Gasteiger partial charge in [-0.05, 0) is 31.2 Å². The van der Waals surface area contributed by atoms with Crippen molar-refractivity contribution in [1.29, 1.82) is 0 Å². The van der Waals surface area contributed by atoms with E-state index in [0.717, 1.165) is 11.1 Å². The van der Waals surface area contributed by atoms with Gasteiger partial charge in [0.2, 0.25) is 5.91 Å². The second-order valence-corrected chi connectivity index (χ2v) is 5.01. The number of nitrogen functional groups attached to an aromatic ring is 1. The molecule has 0 saturated heterocycles. The molecule has 0 bridgehead atoms. The quantitative estimate of drug-likeness (QED) is 0.770. The number of hydrogen-bond acceptors (Lipinski definition) is 4. The molecule has 0 aliphatic carbocycles. The molecule has 6 heteroatoms. The van der Waals surface area contributed by atoms with Crippen LogP contribution in [0, 0.1) is 6.92 Å². The van der Waals surface area contributed by atoms with Gasteiger partial charge < -0.3 is 11.5 Å². The van der Waals surface area contributed by atoms with Crippen LogP contribution in [0.25, 0.3) is 16.9 Å². The molecule has 6 nitrogen and oxygen atoms in total. The number of carbonyl (C=O) groups is 1. The number of nitrogens with two attached hydrogens (primary N) is 2. The molecule has 1 heterocycles. The minimum Gasteiger partial charge on any atom is -0.382 e. The highest BCUT2D eigenvalue weighted by atomic mass is 16.1.